The first-order chi connectivity index (χ1) is 10.1. The number of anilines is 1. The quantitative estimate of drug-likeness (QED) is 0.837. The third kappa shape index (κ3) is 4.36. The predicted molar refractivity (Wildman–Crippen MR) is 84.3 cm³/mol. The summed E-state index contributed by atoms with van der Waals surface area (Å²) in [6.45, 7) is 2.06. The molecule has 1 aliphatic heterocycles. The van der Waals surface area contributed by atoms with Gasteiger partial charge in [-0.3, -0.25) is 4.79 Å². The molecule has 1 heterocycles. The zero-order valence-corrected chi connectivity index (χ0v) is 12.9. The van der Waals surface area contributed by atoms with Crippen LogP contribution in [0.1, 0.15) is 19.3 Å². The number of nitrogen functional groups attached to an aromatic ring is 1. The zero-order valence-electron chi connectivity index (χ0n) is 12.9. The standard InChI is InChI=1S/C16H25N3O2/c1-18(2)13-7-10-19(11-8-13)16(20)9-12-21-15-6-4-3-5-14(15)17/h3-6,13H,7-12,17H2,1-2H3. The summed E-state index contributed by atoms with van der Waals surface area (Å²) >= 11 is 0. The van der Waals surface area contributed by atoms with Crippen LogP contribution >= 0.6 is 0 Å². The highest BCUT2D eigenvalue weighted by atomic mass is 16.5. The van der Waals surface area contributed by atoms with E-state index in [4.69, 9.17) is 10.5 Å². The second kappa shape index (κ2) is 7.31. The molecule has 0 unspecified atom stereocenters. The number of amides is 1. The molecule has 1 aliphatic rings. The molecule has 0 atom stereocenters. The number of para-hydroxylation sites is 2. The third-order valence-electron chi connectivity index (χ3n) is 4.04. The molecule has 1 aromatic carbocycles. The largest absolute Gasteiger partial charge is 0.491 e. The number of hydrogen-bond donors (Lipinski definition) is 1. The number of piperidine rings is 1. The first-order valence-electron chi connectivity index (χ1n) is 7.49. The Morgan fingerprint density at radius 3 is 2.62 bits per heavy atom. The lowest BCUT2D eigenvalue weighted by molar-refractivity contribution is -0.133. The molecule has 0 aliphatic carbocycles. The van der Waals surface area contributed by atoms with E-state index in [-0.39, 0.29) is 5.91 Å². The Morgan fingerprint density at radius 1 is 1.33 bits per heavy atom. The molecule has 0 bridgehead atoms. The number of carbonyl (C=O) groups excluding carboxylic acids is 1. The van der Waals surface area contributed by atoms with Gasteiger partial charge in [0.25, 0.3) is 0 Å². The molecule has 1 saturated heterocycles. The molecule has 2 N–H and O–H groups in total. The van der Waals surface area contributed by atoms with Crippen LogP contribution in [-0.4, -0.2) is 55.5 Å². The van der Waals surface area contributed by atoms with Crippen molar-refractivity contribution in [3.05, 3.63) is 24.3 Å². The van der Waals surface area contributed by atoms with Crippen LogP contribution < -0.4 is 10.5 Å². The molecule has 0 radical (unpaired) electrons. The minimum absolute atomic E-state index is 0.168. The Morgan fingerprint density at radius 2 is 2.00 bits per heavy atom. The van der Waals surface area contributed by atoms with Gasteiger partial charge in [0.05, 0.1) is 18.7 Å². The molecule has 1 amide bonds. The van der Waals surface area contributed by atoms with Crippen LogP contribution in [0.25, 0.3) is 0 Å². The zero-order chi connectivity index (χ0) is 15.2. The van der Waals surface area contributed by atoms with E-state index in [2.05, 4.69) is 19.0 Å². The number of carbonyl (C=O) groups is 1. The summed E-state index contributed by atoms with van der Waals surface area (Å²) in [5.41, 5.74) is 6.41. The fraction of sp³-hybridized carbons (Fsp3) is 0.562. The van der Waals surface area contributed by atoms with Crippen LogP contribution in [0.3, 0.4) is 0 Å². The Labute approximate surface area is 126 Å². The van der Waals surface area contributed by atoms with E-state index in [1.807, 2.05) is 23.1 Å². The Balaban J connectivity index is 1.72. The van der Waals surface area contributed by atoms with Crippen molar-refractivity contribution in [2.24, 2.45) is 0 Å². The fourth-order valence-corrected chi connectivity index (χ4v) is 2.65. The molecule has 0 saturated carbocycles. The molecule has 116 valence electrons. The Bertz CT molecular complexity index is 468. The summed E-state index contributed by atoms with van der Waals surface area (Å²) < 4.78 is 5.58. The van der Waals surface area contributed by atoms with E-state index in [0.717, 1.165) is 25.9 Å². The summed E-state index contributed by atoms with van der Waals surface area (Å²) in [7, 11) is 4.19. The highest BCUT2D eigenvalue weighted by Crippen LogP contribution is 2.20. The topological polar surface area (TPSA) is 58.8 Å². The molecule has 5 heteroatoms. The summed E-state index contributed by atoms with van der Waals surface area (Å²) in [5.74, 6) is 0.818. The molecule has 1 aromatic rings. The van der Waals surface area contributed by atoms with Crippen molar-refractivity contribution in [3.63, 3.8) is 0 Å². The van der Waals surface area contributed by atoms with Gasteiger partial charge in [0, 0.05) is 19.1 Å². The molecule has 2 rings (SSSR count). The first-order valence-corrected chi connectivity index (χ1v) is 7.49. The third-order valence-corrected chi connectivity index (χ3v) is 4.04. The maximum Gasteiger partial charge on any atom is 0.225 e. The molecule has 0 spiro atoms. The van der Waals surface area contributed by atoms with E-state index in [1.165, 1.54) is 0 Å². The molecule has 5 nitrogen and oxygen atoms in total. The van der Waals surface area contributed by atoms with Crippen molar-refractivity contribution < 1.29 is 9.53 Å². The molecule has 1 fully saturated rings. The summed E-state index contributed by atoms with van der Waals surface area (Å²) in [6, 6.07) is 7.95. The van der Waals surface area contributed by atoms with Gasteiger partial charge < -0.3 is 20.3 Å². The van der Waals surface area contributed by atoms with E-state index in [1.54, 1.807) is 6.07 Å². The molecular weight excluding hydrogens is 266 g/mol. The van der Waals surface area contributed by atoms with Gasteiger partial charge in [-0.05, 0) is 39.1 Å². The van der Waals surface area contributed by atoms with E-state index in [9.17, 15) is 4.79 Å². The monoisotopic (exact) mass is 291 g/mol. The maximum absolute atomic E-state index is 12.2. The normalized spacial score (nSPS) is 16.2. The van der Waals surface area contributed by atoms with Crippen molar-refractivity contribution in [1.82, 2.24) is 9.80 Å². The van der Waals surface area contributed by atoms with E-state index in [0.29, 0.717) is 30.5 Å². The number of likely N-dealkylation sites (tertiary alicyclic amines) is 1. The van der Waals surface area contributed by atoms with Gasteiger partial charge in [-0.2, -0.15) is 0 Å². The van der Waals surface area contributed by atoms with Crippen LogP contribution in [0.5, 0.6) is 5.75 Å². The van der Waals surface area contributed by atoms with Crippen molar-refractivity contribution in [3.8, 4) is 5.75 Å². The van der Waals surface area contributed by atoms with Crippen LogP contribution in [0, 0.1) is 0 Å². The van der Waals surface area contributed by atoms with Gasteiger partial charge in [-0.1, -0.05) is 12.1 Å². The number of ether oxygens (including phenoxy) is 1. The number of benzene rings is 1. The van der Waals surface area contributed by atoms with Gasteiger partial charge in [0.2, 0.25) is 5.91 Å². The van der Waals surface area contributed by atoms with Crippen LogP contribution in [-0.2, 0) is 4.79 Å². The van der Waals surface area contributed by atoms with Gasteiger partial charge in [-0.25, -0.2) is 0 Å². The van der Waals surface area contributed by atoms with Crippen LogP contribution in [0.4, 0.5) is 5.69 Å². The predicted octanol–water partition coefficient (Wildman–Crippen LogP) is 1.59. The van der Waals surface area contributed by atoms with Crippen molar-refractivity contribution in [1.29, 1.82) is 0 Å². The van der Waals surface area contributed by atoms with Gasteiger partial charge in [0.15, 0.2) is 0 Å². The Kier molecular flexibility index (Phi) is 5.44. The van der Waals surface area contributed by atoms with E-state index >= 15 is 0 Å². The average Bonchev–Trinajstić information content (AvgIpc) is 2.49. The minimum Gasteiger partial charge on any atom is -0.491 e. The van der Waals surface area contributed by atoms with Crippen molar-refractivity contribution >= 4 is 11.6 Å². The number of nitrogens with two attached hydrogens (primary N) is 1. The number of hydrogen-bond acceptors (Lipinski definition) is 4. The highest BCUT2D eigenvalue weighted by Gasteiger charge is 2.23. The van der Waals surface area contributed by atoms with Crippen molar-refractivity contribution in [2.45, 2.75) is 25.3 Å². The average molecular weight is 291 g/mol. The Hall–Kier alpha value is -1.75. The lowest BCUT2D eigenvalue weighted by atomic mass is 10.0. The van der Waals surface area contributed by atoms with Crippen LogP contribution in [0.15, 0.2) is 24.3 Å². The summed E-state index contributed by atoms with van der Waals surface area (Å²) in [4.78, 5) is 16.3. The first kappa shape index (κ1) is 15.6. The maximum atomic E-state index is 12.2. The molecule has 0 aromatic heterocycles. The van der Waals surface area contributed by atoms with Gasteiger partial charge in [-0.15, -0.1) is 0 Å². The summed E-state index contributed by atoms with van der Waals surface area (Å²) in [5, 5.41) is 0. The minimum atomic E-state index is 0.168. The highest BCUT2D eigenvalue weighted by molar-refractivity contribution is 5.76. The second-order valence-corrected chi connectivity index (χ2v) is 5.71. The lowest BCUT2D eigenvalue weighted by Crippen LogP contribution is -2.44. The lowest BCUT2D eigenvalue weighted by Gasteiger charge is -2.35. The van der Waals surface area contributed by atoms with Crippen molar-refractivity contribution in [2.75, 3.05) is 39.5 Å². The van der Waals surface area contributed by atoms with E-state index < -0.39 is 0 Å². The smallest absolute Gasteiger partial charge is 0.225 e. The van der Waals surface area contributed by atoms with Crippen LogP contribution in [0.2, 0.25) is 0 Å². The second-order valence-electron chi connectivity index (χ2n) is 5.71. The molecule has 21 heavy (non-hydrogen) atoms. The fourth-order valence-electron chi connectivity index (χ4n) is 2.65. The van der Waals surface area contributed by atoms with Gasteiger partial charge >= 0.3 is 0 Å². The molecular formula is C16H25N3O2. The SMILES string of the molecule is CN(C)C1CCN(C(=O)CCOc2ccccc2N)CC1. The number of nitrogens with zero attached hydrogens (tertiary/aromatic N) is 2. The summed E-state index contributed by atoms with van der Waals surface area (Å²) in [6.07, 6.45) is 2.50. The van der Waals surface area contributed by atoms with Gasteiger partial charge in [0.1, 0.15) is 5.75 Å². The number of rotatable bonds is 5.